The van der Waals surface area contributed by atoms with Crippen LogP contribution in [0, 0.1) is 11.3 Å². The van der Waals surface area contributed by atoms with Gasteiger partial charge in [0.25, 0.3) is 5.91 Å². The number of benzene rings is 1. The molecule has 1 fully saturated rings. The van der Waals surface area contributed by atoms with Crippen molar-refractivity contribution in [2.45, 2.75) is 26.1 Å². The quantitative estimate of drug-likeness (QED) is 0.751. The molecular formula is C17H20N2O5. The fourth-order valence-corrected chi connectivity index (χ4v) is 2.48. The first kappa shape index (κ1) is 17.8. The maximum atomic E-state index is 12.1. The van der Waals surface area contributed by atoms with E-state index in [1.54, 1.807) is 29.2 Å². The number of hydrogen-bond acceptors (Lipinski definition) is 6. The number of ether oxygens (including phenoxy) is 3. The van der Waals surface area contributed by atoms with Crippen LogP contribution in [-0.4, -0.2) is 55.3 Å². The molecule has 7 nitrogen and oxygen atoms in total. The second-order valence-electron chi connectivity index (χ2n) is 5.61. The summed E-state index contributed by atoms with van der Waals surface area (Å²) in [4.78, 5) is 25.4. The van der Waals surface area contributed by atoms with Crippen LogP contribution in [0.4, 0.5) is 0 Å². The minimum atomic E-state index is -0.662. The van der Waals surface area contributed by atoms with Crippen molar-refractivity contribution in [1.82, 2.24) is 4.90 Å². The highest BCUT2D eigenvalue weighted by molar-refractivity contribution is 5.81. The van der Waals surface area contributed by atoms with Gasteiger partial charge in [-0.05, 0) is 26.0 Å². The van der Waals surface area contributed by atoms with Gasteiger partial charge in [-0.25, -0.2) is 4.79 Å². The minimum Gasteiger partial charge on any atom is -0.481 e. The standard InChI is InChI=1S/C17H20N2O5/c1-12-8-19(9-13(2)24-12)16(20)10-23-17(21)11-22-15-6-4-3-5-14(15)7-18/h3-6,12-13H,8-11H2,1-2H3. The van der Waals surface area contributed by atoms with E-state index in [-0.39, 0.29) is 31.3 Å². The molecule has 128 valence electrons. The molecule has 0 aliphatic carbocycles. The largest absolute Gasteiger partial charge is 0.481 e. The van der Waals surface area contributed by atoms with Crippen LogP contribution in [0.2, 0.25) is 0 Å². The van der Waals surface area contributed by atoms with Crippen molar-refractivity contribution in [3.63, 3.8) is 0 Å². The summed E-state index contributed by atoms with van der Waals surface area (Å²) in [7, 11) is 0. The average molecular weight is 332 g/mol. The highest BCUT2D eigenvalue weighted by atomic mass is 16.6. The molecule has 2 rings (SSSR count). The number of hydrogen-bond donors (Lipinski definition) is 0. The van der Waals surface area contributed by atoms with Gasteiger partial charge in [-0.3, -0.25) is 4.79 Å². The van der Waals surface area contributed by atoms with E-state index < -0.39 is 5.97 Å². The van der Waals surface area contributed by atoms with E-state index in [9.17, 15) is 9.59 Å². The van der Waals surface area contributed by atoms with Gasteiger partial charge in [-0.1, -0.05) is 12.1 Å². The molecule has 7 heteroatoms. The second kappa shape index (κ2) is 8.31. The van der Waals surface area contributed by atoms with Crippen LogP contribution in [0.15, 0.2) is 24.3 Å². The molecule has 1 amide bonds. The predicted octanol–water partition coefficient (Wildman–Crippen LogP) is 1.12. The zero-order valence-electron chi connectivity index (χ0n) is 13.7. The molecule has 0 saturated carbocycles. The molecule has 0 bridgehead atoms. The molecule has 0 radical (unpaired) electrons. The number of carbonyl (C=O) groups is 2. The molecular weight excluding hydrogens is 312 g/mol. The zero-order valence-corrected chi connectivity index (χ0v) is 13.7. The Morgan fingerprint density at radius 3 is 2.58 bits per heavy atom. The Bertz CT molecular complexity index is 630. The van der Waals surface area contributed by atoms with Gasteiger partial charge in [0.1, 0.15) is 11.8 Å². The maximum Gasteiger partial charge on any atom is 0.344 e. The summed E-state index contributed by atoms with van der Waals surface area (Å²) in [6.07, 6.45) is -0.0848. The van der Waals surface area contributed by atoms with Crippen molar-refractivity contribution in [3.05, 3.63) is 29.8 Å². The van der Waals surface area contributed by atoms with Crippen LogP contribution < -0.4 is 4.74 Å². The SMILES string of the molecule is CC1CN(C(=O)COC(=O)COc2ccccc2C#N)CC(C)O1. The third-order valence-corrected chi connectivity index (χ3v) is 3.48. The summed E-state index contributed by atoms with van der Waals surface area (Å²) in [6.45, 7) is 4.05. The molecule has 2 atom stereocenters. The molecule has 1 aromatic rings. The number of para-hydroxylation sites is 1. The van der Waals surface area contributed by atoms with Crippen molar-refractivity contribution in [3.8, 4) is 11.8 Å². The topological polar surface area (TPSA) is 88.9 Å². The molecule has 0 aromatic heterocycles. The van der Waals surface area contributed by atoms with Crippen molar-refractivity contribution in [2.75, 3.05) is 26.3 Å². The van der Waals surface area contributed by atoms with Crippen LogP contribution in [-0.2, 0) is 19.1 Å². The van der Waals surface area contributed by atoms with Gasteiger partial charge in [0.2, 0.25) is 0 Å². The number of carbonyl (C=O) groups excluding carboxylic acids is 2. The molecule has 0 N–H and O–H groups in total. The van der Waals surface area contributed by atoms with Crippen molar-refractivity contribution in [2.24, 2.45) is 0 Å². The number of esters is 1. The smallest absolute Gasteiger partial charge is 0.344 e. The van der Waals surface area contributed by atoms with E-state index in [2.05, 4.69) is 0 Å². The molecule has 2 unspecified atom stereocenters. The highest BCUT2D eigenvalue weighted by Crippen LogP contribution is 2.16. The predicted molar refractivity (Wildman–Crippen MR) is 84.2 cm³/mol. The first-order valence-corrected chi connectivity index (χ1v) is 7.70. The number of rotatable bonds is 5. The highest BCUT2D eigenvalue weighted by Gasteiger charge is 2.26. The summed E-state index contributed by atoms with van der Waals surface area (Å²) in [6, 6.07) is 8.55. The normalized spacial score (nSPS) is 20.1. The van der Waals surface area contributed by atoms with Crippen LogP contribution in [0.25, 0.3) is 0 Å². The second-order valence-corrected chi connectivity index (χ2v) is 5.61. The monoisotopic (exact) mass is 332 g/mol. The summed E-state index contributed by atoms with van der Waals surface area (Å²) in [5.74, 6) is -0.618. The maximum absolute atomic E-state index is 12.1. The third-order valence-electron chi connectivity index (χ3n) is 3.48. The minimum absolute atomic E-state index is 0.0424. The van der Waals surface area contributed by atoms with Crippen LogP contribution >= 0.6 is 0 Å². The molecule has 1 aliphatic rings. The molecule has 1 heterocycles. The lowest BCUT2D eigenvalue weighted by Gasteiger charge is -2.35. The number of amides is 1. The van der Waals surface area contributed by atoms with Gasteiger partial charge < -0.3 is 19.1 Å². The first-order valence-electron chi connectivity index (χ1n) is 7.70. The number of morpholine rings is 1. The van der Waals surface area contributed by atoms with Gasteiger partial charge in [-0.15, -0.1) is 0 Å². The first-order chi connectivity index (χ1) is 11.5. The van der Waals surface area contributed by atoms with E-state index in [1.807, 2.05) is 19.9 Å². The van der Waals surface area contributed by atoms with Crippen LogP contribution in [0.5, 0.6) is 5.75 Å². The van der Waals surface area contributed by atoms with E-state index in [1.165, 1.54) is 0 Å². The van der Waals surface area contributed by atoms with Crippen LogP contribution in [0.3, 0.4) is 0 Å². The fraction of sp³-hybridized carbons (Fsp3) is 0.471. The van der Waals surface area contributed by atoms with Crippen molar-refractivity contribution >= 4 is 11.9 Å². The summed E-state index contributed by atoms with van der Waals surface area (Å²) in [5, 5.41) is 8.94. The summed E-state index contributed by atoms with van der Waals surface area (Å²) < 4.78 is 15.8. The van der Waals surface area contributed by atoms with Gasteiger partial charge in [0.05, 0.1) is 17.8 Å². The molecule has 1 saturated heterocycles. The fourth-order valence-electron chi connectivity index (χ4n) is 2.48. The number of nitriles is 1. The Morgan fingerprint density at radius 1 is 1.25 bits per heavy atom. The number of nitrogens with zero attached hydrogens (tertiary/aromatic N) is 2. The van der Waals surface area contributed by atoms with Gasteiger partial charge in [-0.2, -0.15) is 5.26 Å². The molecule has 0 spiro atoms. The summed E-state index contributed by atoms with van der Waals surface area (Å²) >= 11 is 0. The van der Waals surface area contributed by atoms with Gasteiger partial charge in [0, 0.05) is 13.1 Å². The average Bonchev–Trinajstić information content (AvgIpc) is 2.57. The Kier molecular flexibility index (Phi) is 6.15. The van der Waals surface area contributed by atoms with Crippen LogP contribution in [0.1, 0.15) is 19.4 Å². The lowest BCUT2D eigenvalue weighted by molar-refractivity contribution is -0.158. The van der Waals surface area contributed by atoms with Crippen molar-refractivity contribution in [1.29, 1.82) is 5.26 Å². The van der Waals surface area contributed by atoms with E-state index >= 15 is 0 Å². The Hall–Kier alpha value is -2.59. The third kappa shape index (κ3) is 4.96. The van der Waals surface area contributed by atoms with E-state index in [0.29, 0.717) is 24.4 Å². The lowest BCUT2D eigenvalue weighted by Crippen LogP contribution is -2.49. The van der Waals surface area contributed by atoms with Gasteiger partial charge >= 0.3 is 5.97 Å². The molecule has 24 heavy (non-hydrogen) atoms. The van der Waals surface area contributed by atoms with E-state index in [0.717, 1.165) is 0 Å². The lowest BCUT2D eigenvalue weighted by atomic mass is 10.2. The molecule has 1 aliphatic heterocycles. The van der Waals surface area contributed by atoms with E-state index in [4.69, 9.17) is 19.5 Å². The summed E-state index contributed by atoms with van der Waals surface area (Å²) in [5.41, 5.74) is 0.331. The zero-order chi connectivity index (χ0) is 17.5. The Balaban J connectivity index is 1.77. The van der Waals surface area contributed by atoms with Crippen molar-refractivity contribution < 1.29 is 23.8 Å². The Morgan fingerprint density at radius 2 is 1.92 bits per heavy atom. The Labute approximate surface area is 140 Å². The molecule has 1 aromatic carbocycles. The van der Waals surface area contributed by atoms with Gasteiger partial charge in [0.15, 0.2) is 13.2 Å².